The Morgan fingerprint density at radius 3 is 3.10 bits per heavy atom. The van der Waals surface area contributed by atoms with E-state index in [4.69, 9.17) is 9.47 Å². The molecule has 4 nitrogen and oxygen atoms in total. The highest BCUT2D eigenvalue weighted by molar-refractivity contribution is 5.37. The number of nitrogens with one attached hydrogen (secondary N) is 1. The number of aromatic nitrogens is 1. The molecule has 1 aliphatic rings. The molecule has 1 aromatic heterocycles. The van der Waals surface area contributed by atoms with E-state index >= 15 is 0 Å². The lowest BCUT2D eigenvalue weighted by Crippen LogP contribution is -2.20. The summed E-state index contributed by atoms with van der Waals surface area (Å²) in [6, 6.07) is 10.5. The first-order valence-electron chi connectivity index (χ1n) is 7.44. The second kappa shape index (κ2) is 6.78. The molecule has 0 aliphatic carbocycles. The Hall–Kier alpha value is -1.78. The van der Waals surface area contributed by atoms with Crippen LogP contribution in [-0.2, 0) is 24.2 Å². The van der Waals surface area contributed by atoms with E-state index < -0.39 is 0 Å². The van der Waals surface area contributed by atoms with E-state index in [0.29, 0.717) is 0 Å². The third-order valence-corrected chi connectivity index (χ3v) is 3.75. The third-order valence-electron chi connectivity index (χ3n) is 3.75. The van der Waals surface area contributed by atoms with Crippen molar-refractivity contribution >= 4 is 0 Å². The van der Waals surface area contributed by atoms with Crippen LogP contribution in [0.3, 0.4) is 0 Å². The number of nitrogens with zero attached hydrogens (tertiary/aromatic N) is 1. The molecule has 0 spiro atoms. The largest absolute Gasteiger partial charge is 0.488 e. The molecule has 1 N–H and O–H groups in total. The molecule has 112 valence electrons. The van der Waals surface area contributed by atoms with Gasteiger partial charge in [0.2, 0.25) is 0 Å². The van der Waals surface area contributed by atoms with Crippen molar-refractivity contribution in [2.24, 2.45) is 0 Å². The molecule has 1 atom stereocenters. The minimum absolute atomic E-state index is 0.240. The summed E-state index contributed by atoms with van der Waals surface area (Å²) in [4.78, 5) is 0. The molecule has 0 radical (unpaired) electrons. The number of hydrogen-bond donors (Lipinski definition) is 1. The van der Waals surface area contributed by atoms with Gasteiger partial charge in [-0.1, -0.05) is 18.2 Å². The number of fused-ring (bicyclic) bond motifs is 1. The summed E-state index contributed by atoms with van der Waals surface area (Å²) < 4.78 is 13.2. The van der Waals surface area contributed by atoms with Gasteiger partial charge < -0.3 is 19.4 Å². The Morgan fingerprint density at radius 2 is 2.24 bits per heavy atom. The summed E-state index contributed by atoms with van der Waals surface area (Å²) in [6.07, 6.45) is 5.55. The summed E-state index contributed by atoms with van der Waals surface area (Å²) in [7, 11) is 1.72. The average molecular weight is 286 g/mol. The van der Waals surface area contributed by atoms with Crippen molar-refractivity contribution < 1.29 is 9.47 Å². The number of hydrogen-bond acceptors (Lipinski definition) is 3. The van der Waals surface area contributed by atoms with Crippen molar-refractivity contribution in [2.75, 3.05) is 20.3 Å². The van der Waals surface area contributed by atoms with Gasteiger partial charge in [0.1, 0.15) is 11.9 Å². The second-order valence-corrected chi connectivity index (χ2v) is 5.44. The molecule has 0 amide bonds. The monoisotopic (exact) mass is 286 g/mol. The maximum absolute atomic E-state index is 5.98. The Morgan fingerprint density at radius 1 is 1.33 bits per heavy atom. The zero-order chi connectivity index (χ0) is 14.5. The van der Waals surface area contributed by atoms with Crippen LogP contribution in [0.4, 0.5) is 0 Å². The van der Waals surface area contributed by atoms with Crippen LogP contribution >= 0.6 is 0 Å². The number of benzene rings is 1. The van der Waals surface area contributed by atoms with Gasteiger partial charge in [-0.25, -0.2) is 0 Å². The van der Waals surface area contributed by atoms with Crippen LogP contribution in [0, 0.1) is 0 Å². The smallest absolute Gasteiger partial charge is 0.123 e. The van der Waals surface area contributed by atoms with Crippen LogP contribution < -0.4 is 10.1 Å². The molecule has 1 aliphatic heterocycles. The highest BCUT2D eigenvalue weighted by Crippen LogP contribution is 2.28. The maximum atomic E-state index is 5.98. The first-order chi connectivity index (χ1) is 10.3. The SMILES string of the molecule is COCCNCc1ccn(CC2Cc3ccccc3O2)c1. The first kappa shape index (κ1) is 14.2. The van der Waals surface area contributed by atoms with Gasteiger partial charge in [0, 0.05) is 39.0 Å². The van der Waals surface area contributed by atoms with Crippen LogP contribution in [0.5, 0.6) is 5.75 Å². The van der Waals surface area contributed by atoms with Crippen LogP contribution in [-0.4, -0.2) is 30.9 Å². The van der Waals surface area contributed by atoms with E-state index in [2.05, 4.69) is 46.5 Å². The molecule has 0 saturated heterocycles. The van der Waals surface area contributed by atoms with Gasteiger partial charge in [0.25, 0.3) is 0 Å². The predicted octanol–water partition coefficient (Wildman–Crippen LogP) is 2.23. The molecule has 2 heterocycles. The molecule has 0 bridgehead atoms. The quantitative estimate of drug-likeness (QED) is 0.793. The molecule has 1 unspecified atom stereocenters. The van der Waals surface area contributed by atoms with Gasteiger partial charge in [-0.15, -0.1) is 0 Å². The Balaban J connectivity index is 1.49. The number of ether oxygens (including phenoxy) is 2. The summed E-state index contributed by atoms with van der Waals surface area (Å²) in [6.45, 7) is 3.40. The molecule has 1 aromatic carbocycles. The zero-order valence-electron chi connectivity index (χ0n) is 12.4. The molecular formula is C17H22N2O2. The third kappa shape index (κ3) is 3.65. The maximum Gasteiger partial charge on any atom is 0.123 e. The fraction of sp³-hybridized carbons (Fsp3) is 0.412. The van der Waals surface area contributed by atoms with Crippen LogP contribution in [0.15, 0.2) is 42.7 Å². The molecule has 21 heavy (non-hydrogen) atoms. The van der Waals surface area contributed by atoms with Gasteiger partial charge in [0.15, 0.2) is 0 Å². The van der Waals surface area contributed by atoms with E-state index in [1.807, 2.05) is 6.07 Å². The Labute approximate surface area is 125 Å². The highest BCUT2D eigenvalue weighted by atomic mass is 16.5. The Kier molecular flexibility index (Phi) is 4.58. The molecular weight excluding hydrogens is 264 g/mol. The van der Waals surface area contributed by atoms with Crippen molar-refractivity contribution in [2.45, 2.75) is 25.6 Å². The summed E-state index contributed by atoms with van der Waals surface area (Å²) in [5.41, 5.74) is 2.61. The lowest BCUT2D eigenvalue weighted by atomic mass is 10.1. The van der Waals surface area contributed by atoms with Crippen molar-refractivity contribution in [3.63, 3.8) is 0 Å². The Bertz CT molecular complexity index is 555. The number of methoxy groups -OCH3 is 1. The van der Waals surface area contributed by atoms with Crippen molar-refractivity contribution in [3.8, 4) is 5.75 Å². The van der Waals surface area contributed by atoms with E-state index in [1.54, 1.807) is 7.11 Å². The van der Waals surface area contributed by atoms with Gasteiger partial charge in [-0.05, 0) is 23.3 Å². The predicted molar refractivity (Wildman–Crippen MR) is 82.6 cm³/mol. The summed E-state index contributed by atoms with van der Waals surface area (Å²) in [5, 5.41) is 3.35. The van der Waals surface area contributed by atoms with Crippen molar-refractivity contribution in [3.05, 3.63) is 53.9 Å². The minimum atomic E-state index is 0.240. The van der Waals surface area contributed by atoms with Crippen molar-refractivity contribution in [1.82, 2.24) is 9.88 Å². The molecule has 3 rings (SSSR count). The standard InChI is InChI=1S/C17H22N2O2/c1-20-9-7-18-11-14-6-8-19(12-14)13-16-10-15-4-2-3-5-17(15)21-16/h2-6,8,12,16,18H,7,9-11,13H2,1H3. The summed E-state index contributed by atoms with van der Waals surface area (Å²) >= 11 is 0. The van der Waals surface area contributed by atoms with Crippen LogP contribution in [0.2, 0.25) is 0 Å². The average Bonchev–Trinajstić information content (AvgIpc) is 3.10. The molecule has 0 fully saturated rings. The lowest BCUT2D eigenvalue weighted by molar-refractivity contribution is 0.199. The first-order valence-corrected chi connectivity index (χ1v) is 7.44. The van der Waals surface area contributed by atoms with E-state index in [9.17, 15) is 0 Å². The van der Waals surface area contributed by atoms with E-state index in [1.165, 1.54) is 11.1 Å². The van der Waals surface area contributed by atoms with Gasteiger partial charge in [-0.2, -0.15) is 0 Å². The fourth-order valence-corrected chi connectivity index (χ4v) is 2.71. The molecule has 2 aromatic rings. The van der Waals surface area contributed by atoms with Crippen LogP contribution in [0.25, 0.3) is 0 Å². The van der Waals surface area contributed by atoms with Gasteiger partial charge in [0.05, 0.1) is 13.2 Å². The van der Waals surface area contributed by atoms with E-state index in [-0.39, 0.29) is 6.10 Å². The summed E-state index contributed by atoms with van der Waals surface area (Å²) in [5.74, 6) is 1.04. The molecule has 4 heteroatoms. The number of para-hydroxylation sites is 1. The van der Waals surface area contributed by atoms with Crippen molar-refractivity contribution in [1.29, 1.82) is 0 Å². The van der Waals surface area contributed by atoms with Gasteiger partial charge >= 0.3 is 0 Å². The van der Waals surface area contributed by atoms with Gasteiger partial charge in [-0.3, -0.25) is 0 Å². The van der Waals surface area contributed by atoms with E-state index in [0.717, 1.165) is 38.4 Å². The fourth-order valence-electron chi connectivity index (χ4n) is 2.71. The van der Waals surface area contributed by atoms with Crippen LogP contribution in [0.1, 0.15) is 11.1 Å². The topological polar surface area (TPSA) is 35.4 Å². The highest BCUT2D eigenvalue weighted by Gasteiger charge is 2.22. The number of rotatable bonds is 7. The normalized spacial score (nSPS) is 16.7. The lowest BCUT2D eigenvalue weighted by Gasteiger charge is -2.11. The molecule has 0 saturated carbocycles. The zero-order valence-corrected chi connectivity index (χ0v) is 12.4. The minimum Gasteiger partial charge on any atom is -0.488 e. The second-order valence-electron chi connectivity index (χ2n) is 5.44.